The van der Waals surface area contributed by atoms with E-state index >= 15 is 0 Å². The van der Waals surface area contributed by atoms with Gasteiger partial charge in [0.25, 0.3) is 0 Å². The third kappa shape index (κ3) is 4.71. The van der Waals surface area contributed by atoms with Crippen LogP contribution in [0.15, 0.2) is 18.2 Å². The minimum atomic E-state index is -0.416. The highest BCUT2D eigenvalue weighted by atomic mass is 16.6. The highest BCUT2D eigenvalue weighted by Crippen LogP contribution is 2.27. The first-order chi connectivity index (χ1) is 8.50. The summed E-state index contributed by atoms with van der Waals surface area (Å²) in [5.74, 6) is 0.351. The fourth-order valence-corrected chi connectivity index (χ4v) is 1.53. The Hall–Kier alpha value is -1.62. The topological polar surface area (TPSA) is 64.4 Å². The summed E-state index contributed by atoms with van der Waals surface area (Å²) in [4.78, 5) is 10.4. The van der Waals surface area contributed by atoms with Crippen molar-refractivity contribution in [3.05, 3.63) is 33.9 Å². The molecule has 0 aromatic heterocycles. The molecule has 5 heteroatoms. The van der Waals surface area contributed by atoms with Gasteiger partial charge >= 0.3 is 5.69 Å². The van der Waals surface area contributed by atoms with Crippen molar-refractivity contribution in [1.82, 2.24) is 5.32 Å². The quantitative estimate of drug-likeness (QED) is 0.460. The Kier molecular flexibility index (Phi) is 5.58. The molecular weight excluding hydrogens is 232 g/mol. The first-order valence-electron chi connectivity index (χ1n) is 6.12. The van der Waals surface area contributed by atoms with Gasteiger partial charge in [0, 0.05) is 12.1 Å². The van der Waals surface area contributed by atoms with E-state index in [0.717, 1.165) is 18.5 Å². The highest BCUT2D eigenvalue weighted by molar-refractivity contribution is 5.48. The molecule has 0 amide bonds. The van der Waals surface area contributed by atoms with Crippen molar-refractivity contribution in [3.63, 3.8) is 0 Å². The summed E-state index contributed by atoms with van der Waals surface area (Å²) in [5, 5.41) is 14.1. The first kappa shape index (κ1) is 14.4. The lowest BCUT2D eigenvalue weighted by molar-refractivity contribution is -0.385. The second-order valence-electron chi connectivity index (χ2n) is 4.54. The number of nitrogens with one attached hydrogen (secondary N) is 1. The number of nitro benzene ring substituents is 1. The van der Waals surface area contributed by atoms with Gasteiger partial charge in [0.1, 0.15) is 0 Å². The van der Waals surface area contributed by atoms with Gasteiger partial charge in [0.15, 0.2) is 5.75 Å². The summed E-state index contributed by atoms with van der Waals surface area (Å²) < 4.78 is 5.48. The number of ether oxygens (including phenoxy) is 1. The number of benzene rings is 1. The molecule has 0 unspecified atom stereocenters. The molecular formula is C13H20N2O3. The maximum absolute atomic E-state index is 10.8. The predicted octanol–water partition coefficient (Wildman–Crippen LogP) is 2.67. The van der Waals surface area contributed by atoms with Gasteiger partial charge in [-0.2, -0.15) is 0 Å². The lowest BCUT2D eigenvalue weighted by atomic mass is 10.2. The second kappa shape index (κ2) is 6.96. The number of hydrogen-bond acceptors (Lipinski definition) is 4. The number of rotatable bonds is 7. The molecule has 0 aliphatic heterocycles. The molecule has 0 saturated carbocycles. The molecule has 1 N–H and O–H groups in total. The molecule has 0 aliphatic rings. The number of nitro groups is 1. The molecule has 0 heterocycles. The molecule has 0 atom stereocenters. The predicted molar refractivity (Wildman–Crippen MR) is 71.1 cm³/mol. The number of nitrogens with zero attached hydrogens (tertiary/aromatic N) is 1. The van der Waals surface area contributed by atoms with E-state index in [2.05, 4.69) is 19.2 Å². The van der Waals surface area contributed by atoms with Crippen LogP contribution in [0.2, 0.25) is 0 Å². The van der Waals surface area contributed by atoms with E-state index in [9.17, 15) is 10.1 Å². The molecule has 100 valence electrons. The van der Waals surface area contributed by atoms with Crippen LogP contribution in [0.1, 0.15) is 25.8 Å². The first-order valence-corrected chi connectivity index (χ1v) is 6.12. The molecule has 0 bridgehead atoms. The molecule has 1 aromatic carbocycles. The van der Waals surface area contributed by atoms with Crippen LogP contribution in [-0.2, 0) is 0 Å². The molecule has 0 radical (unpaired) electrons. The average Bonchev–Trinajstić information content (AvgIpc) is 2.27. The molecule has 0 spiro atoms. The van der Waals surface area contributed by atoms with E-state index in [1.807, 2.05) is 6.92 Å². The average molecular weight is 252 g/mol. The van der Waals surface area contributed by atoms with Gasteiger partial charge in [-0.1, -0.05) is 19.9 Å². The van der Waals surface area contributed by atoms with E-state index in [4.69, 9.17) is 4.74 Å². The van der Waals surface area contributed by atoms with E-state index in [1.165, 1.54) is 6.07 Å². The van der Waals surface area contributed by atoms with E-state index in [0.29, 0.717) is 18.4 Å². The largest absolute Gasteiger partial charge is 0.487 e. The molecule has 18 heavy (non-hydrogen) atoms. The van der Waals surface area contributed by atoms with Gasteiger partial charge in [0.05, 0.1) is 11.5 Å². The molecule has 1 rings (SSSR count). The number of aryl methyl sites for hydroxylation is 1. The van der Waals surface area contributed by atoms with Gasteiger partial charge in [0.2, 0.25) is 0 Å². The van der Waals surface area contributed by atoms with E-state index in [1.54, 1.807) is 12.1 Å². The SMILES string of the molecule is Cc1ccc([N+](=O)[O-])c(OCCCNC(C)C)c1. The zero-order chi connectivity index (χ0) is 13.5. The normalized spacial score (nSPS) is 10.7. The summed E-state index contributed by atoms with van der Waals surface area (Å²) in [6.45, 7) is 7.36. The van der Waals surface area contributed by atoms with Crippen LogP contribution in [-0.4, -0.2) is 24.1 Å². The zero-order valence-corrected chi connectivity index (χ0v) is 11.1. The fraction of sp³-hybridized carbons (Fsp3) is 0.538. The van der Waals surface area contributed by atoms with Crippen LogP contribution in [0.25, 0.3) is 0 Å². The third-order valence-electron chi connectivity index (χ3n) is 2.44. The molecule has 0 saturated heterocycles. The Morgan fingerprint density at radius 3 is 2.78 bits per heavy atom. The summed E-state index contributed by atoms with van der Waals surface area (Å²) in [6, 6.07) is 5.34. The molecule has 0 aliphatic carbocycles. The monoisotopic (exact) mass is 252 g/mol. The Morgan fingerprint density at radius 1 is 1.44 bits per heavy atom. The Balaban J connectivity index is 2.50. The van der Waals surface area contributed by atoms with Crippen LogP contribution >= 0.6 is 0 Å². The van der Waals surface area contributed by atoms with Gasteiger partial charge in [-0.3, -0.25) is 10.1 Å². The van der Waals surface area contributed by atoms with Crippen LogP contribution in [0.5, 0.6) is 5.75 Å². The van der Waals surface area contributed by atoms with Crippen molar-refractivity contribution in [2.75, 3.05) is 13.2 Å². The van der Waals surface area contributed by atoms with Crippen LogP contribution in [0.4, 0.5) is 5.69 Å². The van der Waals surface area contributed by atoms with Crippen LogP contribution < -0.4 is 10.1 Å². The third-order valence-corrected chi connectivity index (χ3v) is 2.44. The molecule has 0 fully saturated rings. The van der Waals surface area contributed by atoms with Crippen molar-refractivity contribution >= 4 is 5.69 Å². The van der Waals surface area contributed by atoms with Crippen LogP contribution in [0, 0.1) is 17.0 Å². The maximum atomic E-state index is 10.8. The number of hydrogen-bond donors (Lipinski definition) is 1. The lowest BCUT2D eigenvalue weighted by Crippen LogP contribution is -2.24. The lowest BCUT2D eigenvalue weighted by Gasteiger charge is -2.09. The Bertz CT molecular complexity index is 405. The summed E-state index contributed by atoms with van der Waals surface area (Å²) in [5.41, 5.74) is 0.980. The minimum Gasteiger partial charge on any atom is -0.487 e. The van der Waals surface area contributed by atoms with Crippen molar-refractivity contribution in [1.29, 1.82) is 0 Å². The highest BCUT2D eigenvalue weighted by Gasteiger charge is 2.14. The van der Waals surface area contributed by atoms with Crippen LogP contribution in [0.3, 0.4) is 0 Å². The van der Waals surface area contributed by atoms with Crippen molar-refractivity contribution < 1.29 is 9.66 Å². The van der Waals surface area contributed by atoms with Gasteiger partial charge in [-0.25, -0.2) is 0 Å². The van der Waals surface area contributed by atoms with Crippen molar-refractivity contribution in [2.45, 2.75) is 33.2 Å². The smallest absolute Gasteiger partial charge is 0.310 e. The zero-order valence-electron chi connectivity index (χ0n) is 11.1. The standard InChI is InChI=1S/C13H20N2O3/c1-10(2)14-7-4-8-18-13-9-11(3)5-6-12(13)15(16)17/h5-6,9-10,14H,4,7-8H2,1-3H3. The summed E-state index contributed by atoms with van der Waals surface area (Å²) in [7, 11) is 0. The summed E-state index contributed by atoms with van der Waals surface area (Å²) >= 11 is 0. The van der Waals surface area contributed by atoms with E-state index < -0.39 is 4.92 Å². The fourth-order valence-electron chi connectivity index (χ4n) is 1.53. The van der Waals surface area contributed by atoms with E-state index in [-0.39, 0.29) is 5.69 Å². The summed E-state index contributed by atoms with van der Waals surface area (Å²) in [6.07, 6.45) is 0.823. The van der Waals surface area contributed by atoms with Gasteiger partial charge in [-0.15, -0.1) is 0 Å². The second-order valence-corrected chi connectivity index (χ2v) is 4.54. The minimum absolute atomic E-state index is 0.0254. The van der Waals surface area contributed by atoms with Crippen molar-refractivity contribution in [3.8, 4) is 5.75 Å². The van der Waals surface area contributed by atoms with Crippen molar-refractivity contribution in [2.24, 2.45) is 0 Å². The Morgan fingerprint density at radius 2 is 2.17 bits per heavy atom. The molecule has 1 aromatic rings. The van der Waals surface area contributed by atoms with Gasteiger partial charge in [-0.05, 0) is 31.5 Å². The molecule has 5 nitrogen and oxygen atoms in total. The Labute approximate surface area is 107 Å². The maximum Gasteiger partial charge on any atom is 0.310 e. The van der Waals surface area contributed by atoms with Gasteiger partial charge < -0.3 is 10.1 Å².